The van der Waals surface area contributed by atoms with Crippen LogP contribution in [0.5, 0.6) is 0 Å². The zero-order chi connectivity index (χ0) is 22.4. The number of aryl methyl sites for hydroxylation is 2. The molecular formula is C29H44N2S. The van der Waals surface area contributed by atoms with E-state index in [0.717, 1.165) is 11.4 Å². The highest BCUT2D eigenvalue weighted by Gasteiger charge is 2.08. The Morgan fingerprint density at radius 3 is 1.81 bits per heavy atom. The smallest absolute Gasteiger partial charge is 0.194 e. The maximum absolute atomic E-state index is 4.88. The number of nitrogens with zero attached hydrogens (tertiary/aromatic N) is 2. The van der Waals surface area contributed by atoms with Gasteiger partial charge in [0.25, 0.3) is 0 Å². The van der Waals surface area contributed by atoms with Crippen LogP contribution >= 0.6 is 11.3 Å². The summed E-state index contributed by atoms with van der Waals surface area (Å²) in [5, 5.41) is 0. The molecule has 0 saturated heterocycles. The maximum atomic E-state index is 4.88. The second kappa shape index (κ2) is 14.5. The summed E-state index contributed by atoms with van der Waals surface area (Å²) in [6, 6.07) is 9.23. The molecule has 1 aromatic carbocycles. The third kappa shape index (κ3) is 8.39. The van der Waals surface area contributed by atoms with Gasteiger partial charge in [-0.25, -0.2) is 4.98 Å². The van der Waals surface area contributed by atoms with Crippen molar-refractivity contribution in [1.29, 1.82) is 0 Å². The molecule has 0 aliphatic heterocycles. The quantitative estimate of drug-likeness (QED) is 0.186. The zero-order valence-electron chi connectivity index (χ0n) is 20.6. The molecule has 0 aliphatic rings. The van der Waals surface area contributed by atoms with Crippen LogP contribution in [0.15, 0.2) is 36.7 Å². The van der Waals surface area contributed by atoms with Crippen LogP contribution in [0.1, 0.15) is 115 Å². The number of rotatable bonds is 17. The van der Waals surface area contributed by atoms with Gasteiger partial charge >= 0.3 is 0 Å². The number of benzene rings is 1. The minimum absolute atomic E-state index is 1.12. The summed E-state index contributed by atoms with van der Waals surface area (Å²) in [7, 11) is 0. The van der Waals surface area contributed by atoms with Crippen LogP contribution in [-0.2, 0) is 12.8 Å². The number of unbranched alkanes of at least 4 members (excludes halogenated alkanes) is 12. The lowest BCUT2D eigenvalue weighted by molar-refractivity contribution is 0.588. The Morgan fingerprint density at radius 1 is 0.656 bits per heavy atom. The van der Waals surface area contributed by atoms with Crippen molar-refractivity contribution in [1.82, 2.24) is 9.38 Å². The topological polar surface area (TPSA) is 17.3 Å². The van der Waals surface area contributed by atoms with Crippen LogP contribution in [0, 0.1) is 0 Å². The van der Waals surface area contributed by atoms with E-state index >= 15 is 0 Å². The van der Waals surface area contributed by atoms with Gasteiger partial charge in [-0.1, -0.05) is 126 Å². The van der Waals surface area contributed by atoms with Gasteiger partial charge in [-0.3, -0.25) is 4.40 Å². The number of fused-ring (bicyclic) bond motifs is 1. The highest BCUT2D eigenvalue weighted by molar-refractivity contribution is 7.20. The summed E-state index contributed by atoms with van der Waals surface area (Å²) in [6.45, 7) is 4.57. The second-order valence-corrected chi connectivity index (χ2v) is 10.5. The van der Waals surface area contributed by atoms with E-state index in [1.165, 1.54) is 118 Å². The molecule has 3 heteroatoms. The Labute approximate surface area is 200 Å². The molecule has 2 heterocycles. The van der Waals surface area contributed by atoms with E-state index in [-0.39, 0.29) is 0 Å². The highest BCUT2D eigenvalue weighted by Crippen LogP contribution is 2.29. The minimum atomic E-state index is 1.12. The molecule has 0 spiro atoms. The number of hydrogen-bond donors (Lipinski definition) is 0. The zero-order valence-corrected chi connectivity index (χ0v) is 21.4. The van der Waals surface area contributed by atoms with Crippen molar-refractivity contribution in [3.63, 3.8) is 0 Å². The fourth-order valence-corrected chi connectivity index (χ4v) is 5.47. The van der Waals surface area contributed by atoms with E-state index < -0.39 is 0 Å². The lowest BCUT2D eigenvalue weighted by Crippen LogP contribution is -1.87. The van der Waals surface area contributed by atoms with Crippen molar-refractivity contribution >= 4 is 16.3 Å². The van der Waals surface area contributed by atoms with Crippen LogP contribution in [-0.4, -0.2) is 9.38 Å². The average molecular weight is 453 g/mol. The Bertz CT molecular complexity index is 843. The first kappa shape index (κ1) is 25.0. The fourth-order valence-electron chi connectivity index (χ4n) is 4.48. The van der Waals surface area contributed by atoms with E-state index in [1.807, 2.05) is 11.3 Å². The molecule has 0 fully saturated rings. The van der Waals surface area contributed by atoms with Crippen LogP contribution < -0.4 is 0 Å². The van der Waals surface area contributed by atoms with E-state index in [4.69, 9.17) is 4.98 Å². The Kier molecular flexibility index (Phi) is 11.4. The van der Waals surface area contributed by atoms with Crippen LogP contribution in [0.4, 0.5) is 0 Å². The normalized spacial score (nSPS) is 11.6. The summed E-state index contributed by atoms with van der Waals surface area (Å²) in [5.74, 6) is 0. The average Bonchev–Trinajstić information content (AvgIpc) is 3.37. The van der Waals surface area contributed by atoms with Crippen molar-refractivity contribution in [3.05, 3.63) is 47.9 Å². The minimum Gasteiger partial charge on any atom is -0.297 e. The van der Waals surface area contributed by atoms with Crippen LogP contribution in [0.2, 0.25) is 0 Å². The molecule has 0 bridgehead atoms. The summed E-state index contributed by atoms with van der Waals surface area (Å²) in [4.78, 5) is 7.33. The van der Waals surface area contributed by atoms with Crippen molar-refractivity contribution in [3.8, 4) is 10.4 Å². The molecule has 0 atom stereocenters. The van der Waals surface area contributed by atoms with Gasteiger partial charge < -0.3 is 0 Å². The van der Waals surface area contributed by atoms with Gasteiger partial charge in [-0.15, -0.1) is 0 Å². The predicted molar refractivity (Wildman–Crippen MR) is 142 cm³/mol. The van der Waals surface area contributed by atoms with Gasteiger partial charge in [0, 0.05) is 12.4 Å². The molecule has 176 valence electrons. The standard InChI is InChI=1S/C29H44N2S/c1-3-5-7-9-11-13-15-17-25-19-21-26(22-20-25)28-24-31-23-27(30-29(31)32-28)18-16-14-12-10-8-6-4-2/h19-24H,3-18H2,1-2H3. The van der Waals surface area contributed by atoms with E-state index in [2.05, 4.69) is 54.9 Å². The van der Waals surface area contributed by atoms with Crippen molar-refractivity contribution < 1.29 is 0 Å². The molecule has 3 aromatic rings. The monoisotopic (exact) mass is 452 g/mol. The van der Waals surface area contributed by atoms with Crippen LogP contribution in [0.3, 0.4) is 0 Å². The van der Waals surface area contributed by atoms with Gasteiger partial charge in [-0.05, 0) is 36.8 Å². The number of imidazole rings is 1. The Morgan fingerprint density at radius 2 is 1.22 bits per heavy atom. The molecular weight excluding hydrogens is 408 g/mol. The van der Waals surface area contributed by atoms with Gasteiger partial charge in [0.2, 0.25) is 0 Å². The van der Waals surface area contributed by atoms with Gasteiger partial charge in [0.05, 0.1) is 10.6 Å². The third-order valence-electron chi connectivity index (χ3n) is 6.55. The largest absolute Gasteiger partial charge is 0.297 e. The summed E-state index contributed by atoms with van der Waals surface area (Å²) in [6.07, 6.45) is 26.0. The Balaban J connectivity index is 1.40. The van der Waals surface area contributed by atoms with E-state index in [0.29, 0.717) is 0 Å². The van der Waals surface area contributed by atoms with Crippen LogP contribution in [0.25, 0.3) is 15.4 Å². The molecule has 0 saturated carbocycles. The molecule has 0 N–H and O–H groups in total. The van der Waals surface area contributed by atoms with Gasteiger partial charge in [0.15, 0.2) is 4.96 Å². The number of hydrogen-bond acceptors (Lipinski definition) is 2. The molecule has 0 amide bonds. The molecule has 3 rings (SSSR count). The molecule has 32 heavy (non-hydrogen) atoms. The molecule has 2 aromatic heterocycles. The van der Waals surface area contributed by atoms with Gasteiger partial charge in [-0.2, -0.15) is 0 Å². The third-order valence-corrected chi connectivity index (χ3v) is 7.60. The lowest BCUT2D eigenvalue weighted by atomic mass is 10.0. The summed E-state index contributed by atoms with van der Waals surface area (Å²) >= 11 is 1.81. The van der Waals surface area contributed by atoms with Crippen molar-refractivity contribution in [2.45, 2.75) is 117 Å². The maximum Gasteiger partial charge on any atom is 0.194 e. The SMILES string of the molecule is CCCCCCCCCc1ccc(-c2cn3cc(CCCCCCCCC)nc3s2)cc1. The first-order chi connectivity index (χ1) is 15.8. The van der Waals surface area contributed by atoms with Crippen molar-refractivity contribution in [2.24, 2.45) is 0 Å². The van der Waals surface area contributed by atoms with E-state index in [9.17, 15) is 0 Å². The first-order valence-corrected chi connectivity index (χ1v) is 14.2. The molecule has 0 aliphatic carbocycles. The summed E-state index contributed by atoms with van der Waals surface area (Å²) < 4.78 is 2.23. The molecule has 0 radical (unpaired) electrons. The lowest BCUT2D eigenvalue weighted by Gasteiger charge is -2.04. The van der Waals surface area contributed by atoms with Crippen molar-refractivity contribution in [2.75, 3.05) is 0 Å². The second-order valence-electron chi connectivity index (χ2n) is 9.46. The number of aromatic nitrogens is 2. The molecule has 0 unspecified atom stereocenters. The summed E-state index contributed by atoms with van der Waals surface area (Å²) in [5.41, 5.74) is 4.04. The predicted octanol–water partition coefficient (Wildman–Crippen LogP) is 9.65. The van der Waals surface area contributed by atoms with E-state index in [1.54, 1.807) is 0 Å². The highest BCUT2D eigenvalue weighted by atomic mass is 32.1. The first-order valence-electron chi connectivity index (χ1n) is 13.4. The van der Waals surface area contributed by atoms with Gasteiger partial charge in [0.1, 0.15) is 0 Å². The number of thiazole rings is 1. The Hall–Kier alpha value is -1.61. The fraction of sp³-hybridized carbons (Fsp3) is 0.621. The molecule has 2 nitrogen and oxygen atoms in total.